The number of aryl methyl sites for hydroxylation is 3. The molecule has 0 bridgehead atoms. The van der Waals surface area contributed by atoms with Crippen LogP contribution >= 0.6 is 11.6 Å². The summed E-state index contributed by atoms with van der Waals surface area (Å²) >= 11 is 6.30. The minimum atomic E-state index is -0.689. The van der Waals surface area contributed by atoms with Gasteiger partial charge in [-0.05, 0) is 66.6 Å². The van der Waals surface area contributed by atoms with Gasteiger partial charge >= 0.3 is 0 Å². The number of nitrogens with zero attached hydrogens (tertiary/aromatic N) is 1. The number of amides is 2. The first-order valence-electron chi connectivity index (χ1n) is 12.7. The normalized spacial score (nSPS) is 11.8. The molecule has 3 rings (SSSR count). The monoisotopic (exact) mass is 520 g/mol. The lowest BCUT2D eigenvalue weighted by atomic mass is 10.0. The zero-order valence-electron chi connectivity index (χ0n) is 22.4. The molecule has 37 heavy (non-hydrogen) atoms. The lowest BCUT2D eigenvalue weighted by molar-refractivity contribution is -0.142. The van der Waals surface area contributed by atoms with Gasteiger partial charge in [0.1, 0.15) is 11.8 Å². The highest BCUT2D eigenvalue weighted by Gasteiger charge is 2.31. The van der Waals surface area contributed by atoms with Crippen molar-refractivity contribution >= 4 is 23.4 Å². The quantitative estimate of drug-likeness (QED) is 0.334. The minimum Gasteiger partial charge on any atom is -0.484 e. The van der Waals surface area contributed by atoms with Crippen molar-refractivity contribution in [1.29, 1.82) is 0 Å². The molecule has 1 atom stereocenters. The van der Waals surface area contributed by atoms with Crippen LogP contribution in [0.3, 0.4) is 0 Å². The van der Waals surface area contributed by atoms with Gasteiger partial charge in [0, 0.05) is 24.5 Å². The maximum Gasteiger partial charge on any atom is 0.261 e. The van der Waals surface area contributed by atoms with Crippen LogP contribution in [0.25, 0.3) is 0 Å². The van der Waals surface area contributed by atoms with Crippen LogP contribution in [0.4, 0.5) is 0 Å². The average Bonchev–Trinajstić information content (AvgIpc) is 2.88. The molecule has 0 fully saturated rings. The molecular weight excluding hydrogens is 484 g/mol. The van der Waals surface area contributed by atoms with E-state index in [-0.39, 0.29) is 18.4 Å². The van der Waals surface area contributed by atoms with Gasteiger partial charge in [-0.2, -0.15) is 0 Å². The number of halogens is 1. The van der Waals surface area contributed by atoms with Gasteiger partial charge in [-0.15, -0.1) is 0 Å². The Balaban J connectivity index is 1.92. The molecule has 5 nitrogen and oxygen atoms in total. The predicted octanol–water partition coefficient (Wildman–Crippen LogP) is 6.06. The Morgan fingerprint density at radius 1 is 0.919 bits per heavy atom. The van der Waals surface area contributed by atoms with E-state index in [4.69, 9.17) is 16.3 Å². The van der Waals surface area contributed by atoms with E-state index in [1.807, 2.05) is 101 Å². The smallest absolute Gasteiger partial charge is 0.261 e. The molecule has 0 saturated carbocycles. The van der Waals surface area contributed by atoms with Crippen molar-refractivity contribution in [2.75, 3.05) is 13.2 Å². The molecule has 0 aliphatic rings. The van der Waals surface area contributed by atoms with Crippen LogP contribution in [0.5, 0.6) is 5.75 Å². The summed E-state index contributed by atoms with van der Waals surface area (Å²) in [6.45, 7) is 10.6. The molecular formula is C31H37ClN2O3. The van der Waals surface area contributed by atoms with E-state index in [9.17, 15) is 9.59 Å². The molecule has 1 N–H and O–H groups in total. The third-order valence-corrected chi connectivity index (χ3v) is 6.93. The number of ether oxygens (including phenoxy) is 1. The van der Waals surface area contributed by atoms with E-state index in [2.05, 4.69) is 5.32 Å². The number of nitrogens with one attached hydrogen (secondary N) is 1. The zero-order valence-corrected chi connectivity index (χ0v) is 23.1. The van der Waals surface area contributed by atoms with Gasteiger partial charge in [-0.25, -0.2) is 0 Å². The maximum absolute atomic E-state index is 13.7. The Morgan fingerprint density at radius 3 is 2.16 bits per heavy atom. The molecule has 0 aromatic heterocycles. The summed E-state index contributed by atoms with van der Waals surface area (Å²) in [5.74, 6) is 0.445. The summed E-state index contributed by atoms with van der Waals surface area (Å²) in [6, 6.07) is 20.7. The van der Waals surface area contributed by atoms with Crippen LogP contribution in [0.15, 0.2) is 66.7 Å². The topological polar surface area (TPSA) is 58.6 Å². The van der Waals surface area contributed by atoms with Gasteiger partial charge in [0.05, 0.1) is 0 Å². The van der Waals surface area contributed by atoms with Gasteiger partial charge in [0.2, 0.25) is 5.91 Å². The van der Waals surface area contributed by atoms with Crippen molar-refractivity contribution in [2.45, 2.75) is 53.6 Å². The summed E-state index contributed by atoms with van der Waals surface area (Å²) < 4.78 is 5.93. The Morgan fingerprint density at radius 2 is 1.54 bits per heavy atom. The van der Waals surface area contributed by atoms with E-state index >= 15 is 0 Å². The molecule has 3 aromatic carbocycles. The molecule has 2 amide bonds. The highest BCUT2D eigenvalue weighted by molar-refractivity contribution is 6.32. The predicted molar refractivity (Wildman–Crippen MR) is 150 cm³/mol. The summed E-state index contributed by atoms with van der Waals surface area (Å²) in [6.07, 6.45) is 0.404. The summed E-state index contributed by atoms with van der Waals surface area (Å²) in [7, 11) is 0. The van der Waals surface area contributed by atoms with E-state index in [0.717, 1.165) is 27.8 Å². The van der Waals surface area contributed by atoms with Gasteiger partial charge in [-0.3, -0.25) is 9.59 Å². The maximum atomic E-state index is 13.7. The fourth-order valence-electron chi connectivity index (χ4n) is 4.16. The number of carbonyl (C=O) groups excluding carboxylic acids is 2. The van der Waals surface area contributed by atoms with Crippen molar-refractivity contribution in [3.63, 3.8) is 0 Å². The summed E-state index contributed by atoms with van der Waals surface area (Å²) in [4.78, 5) is 28.9. The average molecular weight is 521 g/mol. The Hall–Kier alpha value is -3.31. The van der Waals surface area contributed by atoms with E-state index < -0.39 is 6.04 Å². The first-order valence-corrected chi connectivity index (χ1v) is 13.1. The van der Waals surface area contributed by atoms with Gasteiger partial charge in [-0.1, -0.05) is 80.0 Å². The number of rotatable bonds is 11. The second-order valence-electron chi connectivity index (χ2n) is 9.95. The van der Waals surface area contributed by atoms with E-state index in [0.29, 0.717) is 36.2 Å². The summed E-state index contributed by atoms with van der Waals surface area (Å²) in [5, 5.41) is 3.73. The highest BCUT2D eigenvalue weighted by atomic mass is 35.5. The van der Waals surface area contributed by atoms with Crippen molar-refractivity contribution in [2.24, 2.45) is 5.92 Å². The third kappa shape index (κ3) is 8.09. The Kier molecular flexibility index (Phi) is 10.2. The Bertz CT molecular complexity index is 1190. The molecule has 6 heteroatoms. The highest BCUT2D eigenvalue weighted by Crippen LogP contribution is 2.26. The van der Waals surface area contributed by atoms with Crippen molar-refractivity contribution in [3.8, 4) is 5.75 Å². The zero-order chi connectivity index (χ0) is 26.9. The van der Waals surface area contributed by atoms with Crippen molar-refractivity contribution in [1.82, 2.24) is 10.2 Å². The third-order valence-electron chi connectivity index (χ3n) is 6.33. The minimum absolute atomic E-state index is 0.169. The van der Waals surface area contributed by atoms with Crippen LogP contribution in [-0.2, 0) is 22.6 Å². The first kappa shape index (κ1) is 28.3. The summed E-state index contributed by atoms with van der Waals surface area (Å²) in [5.41, 5.74) is 4.81. The van der Waals surface area contributed by atoms with Gasteiger partial charge < -0.3 is 15.0 Å². The van der Waals surface area contributed by atoms with E-state index in [1.165, 1.54) is 0 Å². The van der Waals surface area contributed by atoms with E-state index in [1.54, 1.807) is 4.90 Å². The first-order chi connectivity index (χ1) is 17.7. The fraction of sp³-hybridized carbons (Fsp3) is 0.355. The largest absolute Gasteiger partial charge is 0.484 e. The van der Waals surface area contributed by atoms with Crippen molar-refractivity contribution in [3.05, 3.63) is 99.6 Å². The number of hydrogen-bond donors (Lipinski definition) is 1. The molecule has 196 valence electrons. The van der Waals surface area contributed by atoms with Crippen LogP contribution in [0, 0.1) is 26.7 Å². The molecule has 0 unspecified atom stereocenters. The van der Waals surface area contributed by atoms with Crippen LogP contribution < -0.4 is 10.1 Å². The molecule has 3 aromatic rings. The molecule has 0 spiro atoms. The molecule has 0 aliphatic heterocycles. The molecule has 0 heterocycles. The molecule has 0 aliphatic carbocycles. The lowest BCUT2D eigenvalue weighted by Gasteiger charge is -2.32. The number of carbonyl (C=O) groups is 2. The SMILES string of the molecule is Cc1ccccc1CN(C(=O)COc1cc(C)c(Cl)c(C)c1)[C@@H](Cc1ccccc1)C(=O)NCC(C)C. The standard InChI is InChI=1S/C31H37ClN2O3/c1-21(2)18-33-31(36)28(17-25-12-7-6-8-13-25)34(19-26-14-10-9-11-22(26)3)29(35)20-37-27-15-23(4)30(32)24(5)16-27/h6-16,21,28H,17-20H2,1-5H3,(H,33,36)/t28-/m0/s1. The van der Waals surface area contributed by atoms with Gasteiger partial charge in [0.15, 0.2) is 6.61 Å². The molecule has 0 saturated heterocycles. The van der Waals surface area contributed by atoms with Crippen LogP contribution in [0.1, 0.15) is 41.7 Å². The van der Waals surface area contributed by atoms with Crippen LogP contribution in [0.2, 0.25) is 5.02 Å². The molecule has 0 radical (unpaired) electrons. The second kappa shape index (κ2) is 13.3. The second-order valence-corrected chi connectivity index (χ2v) is 10.3. The van der Waals surface area contributed by atoms with Crippen LogP contribution in [-0.4, -0.2) is 35.9 Å². The fourth-order valence-corrected chi connectivity index (χ4v) is 4.27. The van der Waals surface area contributed by atoms with Crippen molar-refractivity contribution < 1.29 is 14.3 Å². The number of hydrogen-bond acceptors (Lipinski definition) is 3. The van der Waals surface area contributed by atoms with Gasteiger partial charge in [0.25, 0.3) is 5.91 Å². The number of benzene rings is 3. The lowest BCUT2D eigenvalue weighted by Crippen LogP contribution is -2.52. The Labute approximate surface area is 225 Å².